The minimum atomic E-state index is -1.52. The highest BCUT2D eigenvalue weighted by Crippen LogP contribution is 2.08. The van der Waals surface area contributed by atoms with Crippen LogP contribution in [0.2, 0.25) is 0 Å². The molecule has 1 aromatic rings. The number of rotatable bonds is 5. The zero-order valence-electron chi connectivity index (χ0n) is 8.84. The van der Waals surface area contributed by atoms with E-state index in [2.05, 4.69) is 0 Å². The molecule has 1 rings (SSSR count). The summed E-state index contributed by atoms with van der Waals surface area (Å²) in [6.07, 6.45) is 0. The van der Waals surface area contributed by atoms with Crippen LogP contribution < -0.4 is 5.73 Å². The van der Waals surface area contributed by atoms with Crippen molar-refractivity contribution in [2.24, 2.45) is 5.73 Å². The highest BCUT2D eigenvalue weighted by molar-refractivity contribution is 6.11. The normalized spacial score (nSPS) is 12.1. The highest BCUT2D eigenvalue weighted by atomic mass is 16.5. The first-order valence-corrected chi connectivity index (χ1v) is 4.66. The van der Waals surface area contributed by atoms with Gasteiger partial charge in [-0.25, -0.2) is 0 Å². The molecule has 0 aliphatic carbocycles. The molecule has 0 aliphatic rings. The molecule has 0 saturated heterocycles. The number of benzene rings is 1. The maximum atomic E-state index is 11.6. The smallest absolute Gasteiger partial charge is 0.328 e. The van der Waals surface area contributed by atoms with Gasteiger partial charge in [-0.1, -0.05) is 18.2 Å². The molecule has 0 bridgehead atoms. The van der Waals surface area contributed by atoms with Crippen molar-refractivity contribution in [3.05, 3.63) is 35.4 Å². The first-order chi connectivity index (χ1) is 7.56. The summed E-state index contributed by atoms with van der Waals surface area (Å²) in [5, 5.41) is 8.62. The van der Waals surface area contributed by atoms with Gasteiger partial charge >= 0.3 is 5.97 Å². The predicted molar refractivity (Wildman–Crippen MR) is 57.1 cm³/mol. The lowest BCUT2D eigenvalue weighted by Crippen LogP contribution is -2.38. The van der Waals surface area contributed by atoms with Crippen LogP contribution in [0.3, 0.4) is 0 Å². The van der Waals surface area contributed by atoms with Crippen molar-refractivity contribution in [3.8, 4) is 0 Å². The Morgan fingerprint density at radius 2 is 2.19 bits per heavy atom. The summed E-state index contributed by atoms with van der Waals surface area (Å²) < 4.78 is 4.91. The Kier molecular flexibility index (Phi) is 4.16. The molecule has 1 unspecified atom stereocenters. The van der Waals surface area contributed by atoms with Crippen LogP contribution >= 0.6 is 0 Å². The van der Waals surface area contributed by atoms with E-state index in [0.717, 1.165) is 5.56 Å². The van der Waals surface area contributed by atoms with Gasteiger partial charge in [0.1, 0.15) is 0 Å². The minimum Gasteiger partial charge on any atom is -0.480 e. The molecule has 5 nitrogen and oxygen atoms in total. The van der Waals surface area contributed by atoms with Gasteiger partial charge in [0.05, 0.1) is 6.61 Å². The van der Waals surface area contributed by atoms with Crippen LogP contribution in [0.4, 0.5) is 0 Å². The summed E-state index contributed by atoms with van der Waals surface area (Å²) in [4.78, 5) is 22.2. The monoisotopic (exact) mass is 223 g/mol. The van der Waals surface area contributed by atoms with Crippen LogP contribution in [-0.4, -0.2) is 30.0 Å². The molecule has 0 fully saturated rings. The topological polar surface area (TPSA) is 89.6 Å². The fourth-order valence-electron chi connectivity index (χ4n) is 1.27. The fourth-order valence-corrected chi connectivity index (χ4v) is 1.27. The van der Waals surface area contributed by atoms with Gasteiger partial charge in [0.25, 0.3) is 0 Å². The molecule has 0 amide bonds. The molecule has 3 N–H and O–H groups in total. The van der Waals surface area contributed by atoms with Crippen molar-refractivity contribution in [1.29, 1.82) is 0 Å². The van der Waals surface area contributed by atoms with E-state index in [1.54, 1.807) is 18.2 Å². The Morgan fingerprint density at radius 3 is 2.75 bits per heavy atom. The molecule has 0 heterocycles. The number of hydrogen-bond acceptors (Lipinski definition) is 4. The Hall–Kier alpha value is -1.72. The number of aliphatic carboxylic acids is 1. The molecule has 16 heavy (non-hydrogen) atoms. The van der Waals surface area contributed by atoms with E-state index in [9.17, 15) is 9.59 Å². The summed E-state index contributed by atoms with van der Waals surface area (Å²) in [7, 11) is 1.54. The third-order valence-electron chi connectivity index (χ3n) is 2.07. The van der Waals surface area contributed by atoms with E-state index in [-0.39, 0.29) is 5.56 Å². The average molecular weight is 223 g/mol. The second kappa shape index (κ2) is 5.39. The van der Waals surface area contributed by atoms with Crippen LogP contribution in [-0.2, 0) is 16.1 Å². The molecule has 1 aromatic carbocycles. The van der Waals surface area contributed by atoms with Crippen LogP contribution in [0.25, 0.3) is 0 Å². The van der Waals surface area contributed by atoms with Gasteiger partial charge < -0.3 is 15.6 Å². The first-order valence-electron chi connectivity index (χ1n) is 4.66. The Morgan fingerprint density at radius 1 is 1.50 bits per heavy atom. The number of carboxylic acid groups (broad SMARTS) is 1. The van der Waals surface area contributed by atoms with Crippen molar-refractivity contribution in [2.45, 2.75) is 12.6 Å². The quantitative estimate of drug-likeness (QED) is 0.558. The van der Waals surface area contributed by atoms with E-state index >= 15 is 0 Å². The Bertz CT molecular complexity index is 403. The van der Waals surface area contributed by atoms with E-state index in [0.29, 0.717) is 6.61 Å². The fraction of sp³-hybridized carbons (Fsp3) is 0.273. The third-order valence-corrected chi connectivity index (χ3v) is 2.07. The Balaban J connectivity index is 2.91. The number of ketones is 1. The zero-order chi connectivity index (χ0) is 12.1. The van der Waals surface area contributed by atoms with Crippen molar-refractivity contribution >= 4 is 11.8 Å². The summed E-state index contributed by atoms with van der Waals surface area (Å²) in [5.41, 5.74) is 6.31. The van der Waals surface area contributed by atoms with Crippen molar-refractivity contribution in [3.63, 3.8) is 0 Å². The van der Waals surface area contributed by atoms with Gasteiger partial charge in [-0.2, -0.15) is 0 Å². The molecule has 5 heteroatoms. The molecule has 0 spiro atoms. The summed E-state index contributed by atoms with van der Waals surface area (Å²) >= 11 is 0. The molecule has 0 radical (unpaired) electrons. The number of hydrogen-bond donors (Lipinski definition) is 2. The van der Waals surface area contributed by atoms with E-state index in [4.69, 9.17) is 15.6 Å². The summed E-state index contributed by atoms with van der Waals surface area (Å²) in [6.45, 7) is 0.365. The molecule has 0 aromatic heterocycles. The van der Waals surface area contributed by atoms with Crippen LogP contribution in [0.1, 0.15) is 15.9 Å². The lowest BCUT2D eigenvalue weighted by Gasteiger charge is -2.07. The average Bonchev–Trinajstić information content (AvgIpc) is 2.28. The maximum Gasteiger partial charge on any atom is 0.328 e. The van der Waals surface area contributed by atoms with E-state index in [1.165, 1.54) is 13.2 Å². The van der Waals surface area contributed by atoms with Gasteiger partial charge in [0.2, 0.25) is 0 Å². The van der Waals surface area contributed by atoms with Gasteiger partial charge in [-0.05, 0) is 11.6 Å². The summed E-state index contributed by atoms with van der Waals surface area (Å²) in [5.74, 6) is -1.94. The standard InChI is InChI=1S/C11H13NO4/c1-16-6-7-3-2-4-8(5-7)10(13)9(12)11(14)15/h2-5,9H,6,12H2,1H3,(H,14,15). The van der Waals surface area contributed by atoms with Crippen LogP contribution in [0.15, 0.2) is 24.3 Å². The molecule has 86 valence electrons. The van der Waals surface area contributed by atoms with Crippen molar-refractivity contribution in [2.75, 3.05) is 7.11 Å². The minimum absolute atomic E-state index is 0.282. The molecular weight excluding hydrogens is 210 g/mol. The molecular formula is C11H13NO4. The maximum absolute atomic E-state index is 11.6. The van der Waals surface area contributed by atoms with Crippen LogP contribution in [0.5, 0.6) is 0 Å². The Labute approximate surface area is 92.8 Å². The van der Waals surface area contributed by atoms with Gasteiger partial charge in [-0.3, -0.25) is 9.59 Å². The number of Topliss-reactive ketones (excluding diaryl/α,β-unsaturated/α-hetero) is 1. The van der Waals surface area contributed by atoms with Gasteiger partial charge in [0, 0.05) is 12.7 Å². The number of nitrogens with two attached hydrogens (primary N) is 1. The number of carbonyl (C=O) groups is 2. The number of ether oxygens (including phenoxy) is 1. The highest BCUT2D eigenvalue weighted by Gasteiger charge is 2.22. The molecule has 0 saturated carbocycles. The molecule has 0 aliphatic heterocycles. The second-order valence-corrected chi connectivity index (χ2v) is 3.31. The lowest BCUT2D eigenvalue weighted by atomic mass is 10.0. The van der Waals surface area contributed by atoms with Gasteiger partial charge in [0.15, 0.2) is 11.8 Å². The van der Waals surface area contributed by atoms with Gasteiger partial charge in [-0.15, -0.1) is 0 Å². The molecule has 1 atom stereocenters. The van der Waals surface area contributed by atoms with E-state index < -0.39 is 17.8 Å². The van der Waals surface area contributed by atoms with Crippen LogP contribution in [0, 0.1) is 0 Å². The third kappa shape index (κ3) is 2.88. The SMILES string of the molecule is COCc1cccc(C(=O)C(N)C(=O)O)c1. The largest absolute Gasteiger partial charge is 0.480 e. The predicted octanol–water partition coefficient (Wildman–Crippen LogP) is 0.428. The number of carboxylic acids is 1. The summed E-state index contributed by atoms with van der Waals surface area (Å²) in [6, 6.07) is 5.04. The first kappa shape index (κ1) is 12.4. The number of methoxy groups -OCH3 is 1. The zero-order valence-corrected chi connectivity index (χ0v) is 8.84. The van der Waals surface area contributed by atoms with Crippen molar-refractivity contribution < 1.29 is 19.4 Å². The number of carbonyl (C=O) groups excluding carboxylic acids is 1. The van der Waals surface area contributed by atoms with Crippen molar-refractivity contribution in [1.82, 2.24) is 0 Å². The van der Waals surface area contributed by atoms with E-state index in [1.807, 2.05) is 0 Å². The second-order valence-electron chi connectivity index (χ2n) is 3.31. The lowest BCUT2D eigenvalue weighted by molar-refractivity contribution is -0.137.